The summed E-state index contributed by atoms with van der Waals surface area (Å²) < 4.78 is 2.85. The molecule has 5 heteroatoms. The van der Waals surface area contributed by atoms with E-state index in [2.05, 4.69) is 38.5 Å². The summed E-state index contributed by atoms with van der Waals surface area (Å²) in [5.41, 5.74) is 2.41. The Labute approximate surface area is 132 Å². The van der Waals surface area contributed by atoms with Crippen LogP contribution in [0, 0.1) is 5.92 Å². The minimum atomic E-state index is 0.139. The minimum absolute atomic E-state index is 0.139. The van der Waals surface area contributed by atoms with Gasteiger partial charge in [-0.05, 0) is 42.0 Å². The Morgan fingerprint density at radius 1 is 1.43 bits per heavy atom. The first-order chi connectivity index (χ1) is 10.1. The molecule has 1 aliphatic rings. The molecular formula is C16H18BrN3O. The number of nitrogens with zero attached hydrogens (tertiary/aromatic N) is 2. The lowest BCUT2D eigenvalue weighted by Gasteiger charge is -2.04. The summed E-state index contributed by atoms with van der Waals surface area (Å²) >= 11 is 3.43. The second-order valence-electron chi connectivity index (χ2n) is 5.56. The third kappa shape index (κ3) is 3.53. The molecule has 0 bridgehead atoms. The predicted octanol–water partition coefficient (Wildman–Crippen LogP) is 2.65. The van der Waals surface area contributed by atoms with Crippen LogP contribution in [0.15, 0.2) is 41.1 Å². The zero-order valence-corrected chi connectivity index (χ0v) is 13.5. The number of rotatable bonds is 5. The summed E-state index contributed by atoms with van der Waals surface area (Å²) in [5.74, 6) is 0.698. The summed E-state index contributed by atoms with van der Waals surface area (Å²) in [6.07, 6.45) is 5.61. The highest BCUT2D eigenvalue weighted by Gasteiger charge is 2.43. The van der Waals surface area contributed by atoms with E-state index in [0.717, 1.165) is 22.9 Å². The highest BCUT2D eigenvalue weighted by atomic mass is 79.9. The van der Waals surface area contributed by atoms with E-state index < -0.39 is 0 Å². The molecule has 0 saturated heterocycles. The number of hydrogen-bond acceptors (Lipinski definition) is 2. The SMILES string of the molecule is Cn1cc(CCNC(=O)[C@H]2C[C@@H]2c2ccc(Br)cc2)cn1. The lowest BCUT2D eigenvalue weighted by atomic mass is 10.1. The monoisotopic (exact) mass is 347 g/mol. The van der Waals surface area contributed by atoms with Crippen molar-refractivity contribution in [1.29, 1.82) is 0 Å². The van der Waals surface area contributed by atoms with Gasteiger partial charge in [0.15, 0.2) is 0 Å². The summed E-state index contributed by atoms with van der Waals surface area (Å²) in [4.78, 5) is 12.1. The van der Waals surface area contributed by atoms with Crippen molar-refractivity contribution in [3.63, 3.8) is 0 Å². The molecule has 2 atom stereocenters. The van der Waals surface area contributed by atoms with Gasteiger partial charge in [0.2, 0.25) is 5.91 Å². The van der Waals surface area contributed by atoms with Gasteiger partial charge in [-0.15, -0.1) is 0 Å². The number of carbonyl (C=O) groups is 1. The maximum absolute atomic E-state index is 12.1. The van der Waals surface area contributed by atoms with E-state index in [0.29, 0.717) is 12.5 Å². The summed E-state index contributed by atoms with van der Waals surface area (Å²) in [7, 11) is 1.90. The van der Waals surface area contributed by atoms with Crippen molar-refractivity contribution < 1.29 is 4.79 Å². The maximum atomic E-state index is 12.1. The van der Waals surface area contributed by atoms with Crippen LogP contribution in [-0.4, -0.2) is 22.2 Å². The van der Waals surface area contributed by atoms with Crippen LogP contribution >= 0.6 is 15.9 Å². The number of carbonyl (C=O) groups excluding carboxylic acids is 1. The van der Waals surface area contributed by atoms with Gasteiger partial charge in [0.1, 0.15) is 0 Å². The van der Waals surface area contributed by atoms with E-state index in [4.69, 9.17) is 0 Å². The van der Waals surface area contributed by atoms with Gasteiger partial charge in [-0.25, -0.2) is 0 Å². The lowest BCUT2D eigenvalue weighted by Crippen LogP contribution is -2.27. The van der Waals surface area contributed by atoms with Crippen molar-refractivity contribution in [2.75, 3.05) is 6.54 Å². The third-order valence-corrected chi connectivity index (χ3v) is 4.43. The average Bonchev–Trinajstić information content (AvgIpc) is 3.16. The number of benzene rings is 1. The normalized spacial score (nSPS) is 20.3. The van der Waals surface area contributed by atoms with Gasteiger partial charge in [-0.2, -0.15) is 5.10 Å². The van der Waals surface area contributed by atoms with Gasteiger partial charge < -0.3 is 5.32 Å². The highest BCUT2D eigenvalue weighted by molar-refractivity contribution is 9.10. The molecule has 1 amide bonds. The molecular weight excluding hydrogens is 330 g/mol. The lowest BCUT2D eigenvalue weighted by molar-refractivity contribution is -0.122. The van der Waals surface area contributed by atoms with Gasteiger partial charge in [0.05, 0.1) is 6.20 Å². The summed E-state index contributed by atoms with van der Waals surface area (Å²) in [6.45, 7) is 0.675. The van der Waals surface area contributed by atoms with Crippen molar-refractivity contribution in [2.45, 2.75) is 18.8 Å². The Kier molecular flexibility index (Phi) is 4.10. The maximum Gasteiger partial charge on any atom is 0.223 e. The fourth-order valence-corrected chi connectivity index (χ4v) is 2.89. The largest absolute Gasteiger partial charge is 0.356 e. The smallest absolute Gasteiger partial charge is 0.223 e. The van der Waals surface area contributed by atoms with Crippen LogP contribution in [0.25, 0.3) is 0 Å². The molecule has 1 N–H and O–H groups in total. The molecule has 3 rings (SSSR count). The van der Waals surface area contributed by atoms with E-state index in [1.165, 1.54) is 5.56 Å². The van der Waals surface area contributed by atoms with E-state index in [1.54, 1.807) is 4.68 Å². The number of aryl methyl sites for hydroxylation is 1. The zero-order chi connectivity index (χ0) is 14.8. The molecule has 1 heterocycles. The molecule has 110 valence electrons. The first-order valence-corrected chi connectivity index (χ1v) is 7.93. The van der Waals surface area contributed by atoms with Gasteiger partial charge in [0, 0.05) is 30.2 Å². The van der Waals surface area contributed by atoms with E-state index in [1.807, 2.05) is 31.6 Å². The molecule has 21 heavy (non-hydrogen) atoms. The van der Waals surface area contributed by atoms with Crippen molar-refractivity contribution in [2.24, 2.45) is 13.0 Å². The summed E-state index contributed by atoms with van der Waals surface area (Å²) in [6, 6.07) is 8.26. The molecule has 0 unspecified atom stereocenters. The molecule has 1 aromatic heterocycles. The second-order valence-corrected chi connectivity index (χ2v) is 6.48. The molecule has 1 fully saturated rings. The Balaban J connectivity index is 1.46. The third-order valence-electron chi connectivity index (χ3n) is 3.90. The molecule has 1 aliphatic carbocycles. The number of amides is 1. The van der Waals surface area contributed by atoms with Gasteiger partial charge in [0.25, 0.3) is 0 Å². The Bertz CT molecular complexity index is 635. The first kappa shape index (κ1) is 14.3. The van der Waals surface area contributed by atoms with Crippen LogP contribution in [-0.2, 0) is 18.3 Å². The molecule has 2 aromatic rings. The Morgan fingerprint density at radius 3 is 2.86 bits per heavy atom. The fraction of sp³-hybridized carbons (Fsp3) is 0.375. The standard InChI is InChI=1S/C16H18BrN3O/c1-20-10-11(9-19-20)6-7-18-16(21)15-8-14(15)12-2-4-13(17)5-3-12/h2-5,9-10,14-15H,6-8H2,1H3,(H,18,21)/t14-,15+/m1/s1. The van der Waals surface area contributed by atoms with Crippen LogP contribution in [0.4, 0.5) is 0 Å². The van der Waals surface area contributed by atoms with Crippen molar-refractivity contribution in [3.05, 3.63) is 52.3 Å². The Morgan fingerprint density at radius 2 is 2.19 bits per heavy atom. The van der Waals surface area contributed by atoms with Crippen LogP contribution in [0.2, 0.25) is 0 Å². The van der Waals surface area contributed by atoms with Crippen LogP contribution in [0.3, 0.4) is 0 Å². The average molecular weight is 348 g/mol. The number of nitrogens with one attached hydrogen (secondary N) is 1. The number of hydrogen-bond donors (Lipinski definition) is 1. The molecule has 0 aliphatic heterocycles. The molecule has 4 nitrogen and oxygen atoms in total. The van der Waals surface area contributed by atoms with Crippen LogP contribution in [0.5, 0.6) is 0 Å². The number of aromatic nitrogens is 2. The van der Waals surface area contributed by atoms with Gasteiger partial charge in [-0.3, -0.25) is 9.48 Å². The fourth-order valence-electron chi connectivity index (χ4n) is 2.63. The van der Waals surface area contributed by atoms with Crippen molar-refractivity contribution >= 4 is 21.8 Å². The molecule has 0 radical (unpaired) electrons. The first-order valence-electron chi connectivity index (χ1n) is 7.14. The van der Waals surface area contributed by atoms with Crippen LogP contribution < -0.4 is 5.32 Å². The number of halogens is 1. The highest BCUT2D eigenvalue weighted by Crippen LogP contribution is 2.47. The van der Waals surface area contributed by atoms with Crippen LogP contribution in [0.1, 0.15) is 23.5 Å². The molecule has 1 aromatic carbocycles. The molecule has 1 saturated carbocycles. The zero-order valence-electron chi connectivity index (χ0n) is 11.9. The van der Waals surface area contributed by atoms with Crippen molar-refractivity contribution in [3.8, 4) is 0 Å². The second kappa shape index (κ2) is 6.02. The summed E-state index contributed by atoms with van der Waals surface area (Å²) in [5, 5.41) is 7.15. The van der Waals surface area contributed by atoms with Gasteiger partial charge >= 0.3 is 0 Å². The van der Waals surface area contributed by atoms with E-state index in [-0.39, 0.29) is 11.8 Å². The minimum Gasteiger partial charge on any atom is -0.356 e. The molecule has 0 spiro atoms. The van der Waals surface area contributed by atoms with Gasteiger partial charge in [-0.1, -0.05) is 28.1 Å². The Hall–Kier alpha value is -1.62. The van der Waals surface area contributed by atoms with E-state index in [9.17, 15) is 4.79 Å². The quantitative estimate of drug-likeness (QED) is 0.903. The topological polar surface area (TPSA) is 46.9 Å². The van der Waals surface area contributed by atoms with Crippen molar-refractivity contribution in [1.82, 2.24) is 15.1 Å². The van der Waals surface area contributed by atoms with E-state index >= 15 is 0 Å². The predicted molar refractivity (Wildman–Crippen MR) is 84.9 cm³/mol.